The van der Waals surface area contributed by atoms with Crippen LogP contribution in [0.4, 0.5) is 0 Å². The van der Waals surface area contributed by atoms with Crippen LogP contribution in [0.3, 0.4) is 0 Å². The van der Waals surface area contributed by atoms with E-state index in [2.05, 4.69) is 12.6 Å². The Bertz CT molecular complexity index is 898. The molecule has 0 N–H and O–H groups in total. The second kappa shape index (κ2) is 9.06. The second-order valence-electron chi connectivity index (χ2n) is 7.03. The third kappa shape index (κ3) is 4.57. The molecule has 2 heterocycles. The number of nitrogens with zero attached hydrogens (tertiary/aromatic N) is 1. The van der Waals surface area contributed by atoms with Crippen LogP contribution in [0.2, 0.25) is 0 Å². The molecule has 2 aliphatic rings. The van der Waals surface area contributed by atoms with Gasteiger partial charge in [-0.25, -0.2) is 0 Å². The van der Waals surface area contributed by atoms with Crippen molar-refractivity contribution in [3.8, 4) is 0 Å². The summed E-state index contributed by atoms with van der Waals surface area (Å²) in [6.07, 6.45) is -3.62. The Morgan fingerprint density at radius 1 is 0.935 bits per heavy atom. The van der Waals surface area contributed by atoms with Gasteiger partial charge in [-0.1, -0.05) is 12.1 Å². The van der Waals surface area contributed by atoms with E-state index in [-0.39, 0.29) is 17.7 Å². The summed E-state index contributed by atoms with van der Waals surface area (Å²) < 4.78 is 21.4. The van der Waals surface area contributed by atoms with Crippen molar-refractivity contribution < 1.29 is 42.9 Å². The Labute approximate surface area is 183 Å². The molecule has 0 bridgehead atoms. The summed E-state index contributed by atoms with van der Waals surface area (Å²) in [5.41, 5.74) is -0.764. The highest BCUT2D eigenvalue weighted by molar-refractivity contribution is 7.80. The predicted octanol–water partition coefficient (Wildman–Crippen LogP) is 0.732. The molecule has 3 rings (SSSR count). The Kier molecular flexibility index (Phi) is 6.65. The molecule has 1 saturated heterocycles. The molecule has 0 unspecified atom stereocenters. The quantitative estimate of drug-likeness (QED) is 0.298. The van der Waals surface area contributed by atoms with Crippen LogP contribution < -0.4 is 0 Å². The van der Waals surface area contributed by atoms with Crippen LogP contribution in [-0.2, 0) is 33.3 Å². The minimum atomic E-state index is -1.31. The first kappa shape index (κ1) is 22.8. The zero-order chi connectivity index (χ0) is 22.9. The van der Waals surface area contributed by atoms with Crippen LogP contribution in [0.5, 0.6) is 0 Å². The Hall–Kier alpha value is -2.92. The monoisotopic (exact) mass is 451 g/mol. The maximum absolute atomic E-state index is 13.0. The number of ether oxygens (including phenoxy) is 4. The van der Waals surface area contributed by atoms with Gasteiger partial charge in [0.15, 0.2) is 12.2 Å². The maximum atomic E-state index is 13.0. The van der Waals surface area contributed by atoms with E-state index in [9.17, 15) is 24.0 Å². The first-order valence-electron chi connectivity index (χ1n) is 9.40. The highest BCUT2D eigenvalue weighted by Gasteiger charge is 2.55. The van der Waals surface area contributed by atoms with Gasteiger partial charge in [-0.05, 0) is 12.1 Å². The van der Waals surface area contributed by atoms with Gasteiger partial charge in [0.1, 0.15) is 24.2 Å². The van der Waals surface area contributed by atoms with E-state index in [0.717, 1.165) is 18.7 Å². The SMILES string of the molecule is CC(=O)OC[C@H]1O[C@@H](S)[C@H](N2C(=O)c3ccccc3C2=O)[C@@H](OC(C)=O)[C@@H]1OC(C)=O. The van der Waals surface area contributed by atoms with Gasteiger partial charge in [0.05, 0.1) is 11.1 Å². The Morgan fingerprint density at radius 3 is 1.94 bits per heavy atom. The molecule has 0 radical (unpaired) electrons. The van der Waals surface area contributed by atoms with E-state index in [4.69, 9.17) is 18.9 Å². The third-order valence-corrected chi connectivity index (χ3v) is 5.24. The summed E-state index contributed by atoms with van der Waals surface area (Å²) in [7, 11) is 0. The predicted molar refractivity (Wildman–Crippen MR) is 106 cm³/mol. The van der Waals surface area contributed by atoms with E-state index in [1.807, 2.05) is 0 Å². The standard InChI is InChI=1S/C20H21NO9S/c1-9(22)27-8-14-16(28-10(2)23)17(29-11(3)24)15(20(31)30-14)21-18(25)12-6-4-5-7-13(12)19(21)26/h4-7,14-17,20,31H,8H2,1-3H3/t14-,15-,16-,17-,20+/m1/s1. The molecule has 0 saturated carbocycles. The number of esters is 3. The third-order valence-electron chi connectivity index (χ3n) is 4.81. The molecule has 0 aromatic heterocycles. The van der Waals surface area contributed by atoms with E-state index < -0.39 is 59.5 Å². The smallest absolute Gasteiger partial charge is 0.303 e. The van der Waals surface area contributed by atoms with Crippen LogP contribution >= 0.6 is 12.6 Å². The summed E-state index contributed by atoms with van der Waals surface area (Å²) >= 11 is 4.37. The zero-order valence-electron chi connectivity index (χ0n) is 17.0. The topological polar surface area (TPSA) is 126 Å². The highest BCUT2D eigenvalue weighted by Crippen LogP contribution is 2.36. The van der Waals surface area contributed by atoms with Crippen LogP contribution in [0.1, 0.15) is 41.5 Å². The van der Waals surface area contributed by atoms with Crippen molar-refractivity contribution in [3.05, 3.63) is 35.4 Å². The normalized spacial score (nSPS) is 27.5. The van der Waals surface area contributed by atoms with Crippen molar-refractivity contribution in [2.75, 3.05) is 6.61 Å². The average molecular weight is 451 g/mol. The number of fused-ring (bicyclic) bond motifs is 1. The van der Waals surface area contributed by atoms with Crippen LogP contribution in [-0.4, -0.2) is 71.0 Å². The molecule has 166 valence electrons. The molecule has 0 spiro atoms. The number of carbonyl (C=O) groups is 5. The summed E-state index contributed by atoms with van der Waals surface area (Å²) in [5.74, 6) is -3.31. The Morgan fingerprint density at radius 2 is 1.45 bits per heavy atom. The van der Waals surface area contributed by atoms with Gasteiger partial charge in [-0.3, -0.25) is 28.9 Å². The molecule has 2 amide bonds. The number of thiol groups is 1. The fourth-order valence-corrected chi connectivity index (χ4v) is 4.11. The van der Waals surface area contributed by atoms with Crippen molar-refractivity contribution in [2.45, 2.75) is 50.6 Å². The van der Waals surface area contributed by atoms with Gasteiger partial charge in [0.2, 0.25) is 0 Å². The number of hydrogen-bond donors (Lipinski definition) is 1. The van der Waals surface area contributed by atoms with Crippen molar-refractivity contribution in [1.29, 1.82) is 0 Å². The number of amides is 2. The largest absolute Gasteiger partial charge is 0.463 e. The van der Waals surface area contributed by atoms with E-state index in [1.165, 1.54) is 19.1 Å². The van der Waals surface area contributed by atoms with E-state index in [1.54, 1.807) is 12.1 Å². The lowest BCUT2D eigenvalue weighted by Gasteiger charge is -2.46. The van der Waals surface area contributed by atoms with Crippen molar-refractivity contribution in [2.24, 2.45) is 0 Å². The first-order chi connectivity index (χ1) is 14.6. The van der Waals surface area contributed by atoms with E-state index >= 15 is 0 Å². The second-order valence-corrected chi connectivity index (χ2v) is 7.54. The van der Waals surface area contributed by atoms with Crippen LogP contribution in [0.25, 0.3) is 0 Å². The molecular formula is C20H21NO9S. The molecular weight excluding hydrogens is 430 g/mol. The number of benzene rings is 1. The van der Waals surface area contributed by atoms with Gasteiger partial charge in [0.25, 0.3) is 11.8 Å². The molecule has 11 heteroatoms. The van der Waals surface area contributed by atoms with Crippen LogP contribution in [0, 0.1) is 0 Å². The lowest BCUT2D eigenvalue weighted by molar-refractivity contribution is -0.216. The fraction of sp³-hybridized carbons (Fsp3) is 0.450. The lowest BCUT2D eigenvalue weighted by atomic mass is 9.96. The van der Waals surface area contributed by atoms with Gasteiger partial charge >= 0.3 is 17.9 Å². The molecule has 0 aliphatic carbocycles. The maximum Gasteiger partial charge on any atom is 0.303 e. The number of imide groups is 1. The first-order valence-corrected chi connectivity index (χ1v) is 9.91. The number of hydrogen-bond acceptors (Lipinski definition) is 10. The molecule has 10 nitrogen and oxygen atoms in total. The van der Waals surface area contributed by atoms with E-state index in [0.29, 0.717) is 0 Å². The fourth-order valence-electron chi connectivity index (χ4n) is 3.65. The summed E-state index contributed by atoms with van der Waals surface area (Å²) in [6.45, 7) is 3.13. The van der Waals surface area contributed by atoms with Gasteiger partial charge < -0.3 is 18.9 Å². The summed E-state index contributed by atoms with van der Waals surface area (Å²) in [5, 5.41) is 0. The van der Waals surface area contributed by atoms with Gasteiger partial charge in [0, 0.05) is 20.8 Å². The average Bonchev–Trinajstić information content (AvgIpc) is 2.93. The zero-order valence-corrected chi connectivity index (χ0v) is 17.9. The molecule has 5 atom stereocenters. The number of carbonyl (C=O) groups excluding carboxylic acids is 5. The van der Waals surface area contributed by atoms with Crippen molar-refractivity contribution in [3.63, 3.8) is 0 Å². The number of rotatable bonds is 5. The molecule has 1 aromatic carbocycles. The minimum absolute atomic E-state index is 0.181. The van der Waals surface area contributed by atoms with Gasteiger partial charge in [-0.15, -0.1) is 12.6 Å². The van der Waals surface area contributed by atoms with Crippen LogP contribution in [0.15, 0.2) is 24.3 Å². The highest BCUT2D eigenvalue weighted by atomic mass is 32.1. The van der Waals surface area contributed by atoms with Crippen molar-refractivity contribution in [1.82, 2.24) is 4.90 Å². The molecule has 1 aromatic rings. The Balaban J connectivity index is 2.01. The van der Waals surface area contributed by atoms with Gasteiger partial charge in [-0.2, -0.15) is 0 Å². The molecule has 2 aliphatic heterocycles. The molecule has 1 fully saturated rings. The lowest BCUT2D eigenvalue weighted by Crippen LogP contribution is -2.66. The molecule has 31 heavy (non-hydrogen) atoms. The van der Waals surface area contributed by atoms with Crippen molar-refractivity contribution >= 4 is 42.4 Å². The minimum Gasteiger partial charge on any atom is -0.463 e. The summed E-state index contributed by atoms with van der Waals surface area (Å²) in [4.78, 5) is 61.8. The summed E-state index contributed by atoms with van der Waals surface area (Å²) in [6, 6.07) is 5.02.